The number of nitrogens with zero attached hydrogens (tertiary/aromatic N) is 1. The Balaban J connectivity index is 1.66. The van der Waals surface area contributed by atoms with E-state index < -0.39 is 0 Å². The van der Waals surface area contributed by atoms with Crippen molar-refractivity contribution in [3.8, 4) is 28.5 Å². The molecule has 0 fully saturated rings. The Labute approximate surface area is 194 Å². The van der Waals surface area contributed by atoms with E-state index in [0.717, 1.165) is 47.8 Å². The van der Waals surface area contributed by atoms with Gasteiger partial charge in [0.05, 0.1) is 38.0 Å². The number of fused-ring (bicyclic) bond motifs is 4. The van der Waals surface area contributed by atoms with E-state index in [-0.39, 0.29) is 0 Å². The van der Waals surface area contributed by atoms with Crippen LogP contribution >= 0.6 is 0 Å². The maximum atomic E-state index is 5.74. The number of pyridine rings is 1. The van der Waals surface area contributed by atoms with Crippen molar-refractivity contribution in [1.29, 1.82) is 0 Å². The maximum Gasteiger partial charge on any atom is 0.216 e. The van der Waals surface area contributed by atoms with Gasteiger partial charge in [-0.25, -0.2) is 0 Å². The molecule has 0 saturated carbocycles. The molecule has 1 aliphatic rings. The summed E-state index contributed by atoms with van der Waals surface area (Å²) >= 11 is 0. The molecule has 33 heavy (non-hydrogen) atoms. The summed E-state index contributed by atoms with van der Waals surface area (Å²) in [6.45, 7) is 3.84. The number of ether oxygens (including phenoxy) is 3. The second-order valence-corrected chi connectivity index (χ2v) is 8.35. The fourth-order valence-corrected chi connectivity index (χ4v) is 4.89. The largest absolute Gasteiger partial charge is 0.495 e. The molecule has 5 heteroatoms. The Morgan fingerprint density at radius 2 is 1.58 bits per heavy atom. The second-order valence-electron chi connectivity index (χ2n) is 8.35. The van der Waals surface area contributed by atoms with E-state index in [1.165, 1.54) is 33.3 Å². The monoisotopic (exact) mass is 441 g/mol. The van der Waals surface area contributed by atoms with Crippen molar-refractivity contribution in [3.63, 3.8) is 0 Å². The third-order valence-corrected chi connectivity index (χ3v) is 6.56. The van der Waals surface area contributed by atoms with Crippen molar-refractivity contribution in [1.82, 2.24) is 0 Å². The van der Waals surface area contributed by atoms with Crippen molar-refractivity contribution in [3.05, 3.63) is 77.5 Å². The number of hydrogen-bond donors (Lipinski definition) is 1. The third-order valence-electron chi connectivity index (χ3n) is 6.56. The van der Waals surface area contributed by atoms with Gasteiger partial charge in [0.1, 0.15) is 5.75 Å². The van der Waals surface area contributed by atoms with Gasteiger partial charge in [-0.15, -0.1) is 0 Å². The second kappa shape index (κ2) is 8.66. The van der Waals surface area contributed by atoms with Crippen molar-refractivity contribution in [2.45, 2.75) is 26.4 Å². The molecule has 168 valence electrons. The lowest BCUT2D eigenvalue weighted by Crippen LogP contribution is -2.41. The molecule has 0 saturated heterocycles. The highest BCUT2D eigenvalue weighted by Gasteiger charge is 2.29. The highest BCUT2D eigenvalue weighted by atomic mass is 16.5. The minimum absolute atomic E-state index is 0.733. The van der Waals surface area contributed by atoms with Gasteiger partial charge in [-0.2, -0.15) is 4.57 Å². The Bertz CT molecular complexity index is 1330. The van der Waals surface area contributed by atoms with Crippen LogP contribution in [0.1, 0.15) is 16.7 Å². The lowest BCUT2D eigenvalue weighted by Gasteiger charge is -2.21. The molecule has 1 aliphatic heterocycles. The summed E-state index contributed by atoms with van der Waals surface area (Å²) < 4.78 is 19.2. The molecule has 0 atom stereocenters. The van der Waals surface area contributed by atoms with E-state index in [0.29, 0.717) is 0 Å². The van der Waals surface area contributed by atoms with E-state index in [2.05, 4.69) is 71.5 Å². The Morgan fingerprint density at radius 1 is 0.848 bits per heavy atom. The van der Waals surface area contributed by atoms with Crippen LogP contribution in [0.25, 0.3) is 22.0 Å². The summed E-state index contributed by atoms with van der Waals surface area (Å²) in [7, 11) is 5.10. The summed E-state index contributed by atoms with van der Waals surface area (Å²) in [5, 5.41) is 6.01. The van der Waals surface area contributed by atoms with Gasteiger partial charge in [-0.05, 0) is 47.7 Å². The number of nitrogens with one attached hydrogen (secondary N) is 1. The average Bonchev–Trinajstić information content (AvgIpc) is 2.86. The quantitative estimate of drug-likeness (QED) is 0.413. The molecule has 4 aromatic rings. The van der Waals surface area contributed by atoms with Gasteiger partial charge < -0.3 is 19.5 Å². The minimum Gasteiger partial charge on any atom is -0.495 e. The van der Waals surface area contributed by atoms with Crippen LogP contribution in [0.4, 0.5) is 5.69 Å². The van der Waals surface area contributed by atoms with Crippen molar-refractivity contribution < 1.29 is 18.8 Å². The smallest absolute Gasteiger partial charge is 0.216 e. The van der Waals surface area contributed by atoms with Gasteiger partial charge in [-0.1, -0.05) is 30.3 Å². The fourth-order valence-electron chi connectivity index (χ4n) is 4.89. The van der Waals surface area contributed by atoms with E-state index in [9.17, 15) is 0 Å². The summed E-state index contributed by atoms with van der Waals surface area (Å²) in [6, 6.07) is 18.9. The van der Waals surface area contributed by atoms with Crippen molar-refractivity contribution >= 4 is 16.5 Å². The first-order valence-corrected chi connectivity index (χ1v) is 11.2. The molecule has 1 N–H and O–H groups in total. The van der Waals surface area contributed by atoms with Gasteiger partial charge in [0.15, 0.2) is 24.2 Å². The summed E-state index contributed by atoms with van der Waals surface area (Å²) in [5.74, 6) is 2.38. The fraction of sp³-hybridized carbons (Fsp3) is 0.250. The van der Waals surface area contributed by atoms with Crippen LogP contribution in [0.2, 0.25) is 0 Å². The number of aryl methyl sites for hydroxylation is 3. The lowest BCUT2D eigenvalue weighted by molar-refractivity contribution is -0.686. The van der Waals surface area contributed by atoms with Gasteiger partial charge >= 0.3 is 0 Å². The summed E-state index contributed by atoms with van der Waals surface area (Å²) in [6.07, 6.45) is 3.20. The number of rotatable bonds is 6. The Morgan fingerprint density at radius 3 is 2.30 bits per heavy atom. The highest BCUT2D eigenvalue weighted by Crippen LogP contribution is 2.41. The predicted molar refractivity (Wildman–Crippen MR) is 131 cm³/mol. The normalized spacial score (nSPS) is 12.1. The molecule has 0 radical (unpaired) electrons. The van der Waals surface area contributed by atoms with Gasteiger partial charge in [-0.3, -0.25) is 0 Å². The van der Waals surface area contributed by atoms with Gasteiger partial charge in [0.2, 0.25) is 5.69 Å². The van der Waals surface area contributed by atoms with Crippen LogP contribution in [0.15, 0.2) is 60.8 Å². The molecule has 3 aromatic carbocycles. The van der Waals surface area contributed by atoms with Gasteiger partial charge in [0.25, 0.3) is 0 Å². The number of methoxy groups -OCH3 is 3. The molecule has 0 bridgehead atoms. The van der Waals surface area contributed by atoms with Crippen LogP contribution < -0.4 is 24.1 Å². The first-order valence-electron chi connectivity index (χ1n) is 11.2. The Hall–Kier alpha value is -3.73. The highest BCUT2D eigenvalue weighted by molar-refractivity contribution is 5.99. The molecule has 5 rings (SSSR count). The van der Waals surface area contributed by atoms with Crippen LogP contribution in [-0.2, 0) is 19.5 Å². The molecule has 0 spiro atoms. The zero-order valence-corrected chi connectivity index (χ0v) is 19.6. The molecule has 1 aromatic heterocycles. The van der Waals surface area contributed by atoms with E-state index in [1.807, 2.05) is 6.07 Å². The van der Waals surface area contributed by atoms with Crippen LogP contribution in [-0.4, -0.2) is 21.3 Å². The molecular weight excluding hydrogens is 412 g/mol. The standard InChI is InChI=1S/C28H28N2O3/c1-18-21-10-11-24(31-2)27(29-16-19-8-6-5-7-9-19)23(21)17-30-13-12-20-14-25(32-3)26(33-4)15-22(20)28(18)30/h5-11,14-15,17H,12-13,16H2,1-4H3/p+1. The third kappa shape index (κ3) is 3.63. The molecule has 0 aliphatic carbocycles. The number of anilines is 1. The Kier molecular flexibility index (Phi) is 5.55. The summed E-state index contributed by atoms with van der Waals surface area (Å²) in [4.78, 5) is 0. The topological polar surface area (TPSA) is 43.6 Å². The average molecular weight is 442 g/mol. The molecule has 0 unspecified atom stereocenters. The van der Waals surface area contributed by atoms with Crippen LogP contribution in [0.3, 0.4) is 0 Å². The molecule has 0 amide bonds. The first-order chi connectivity index (χ1) is 16.1. The van der Waals surface area contributed by atoms with Crippen LogP contribution in [0.5, 0.6) is 17.2 Å². The van der Waals surface area contributed by atoms with E-state index >= 15 is 0 Å². The van der Waals surface area contributed by atoms with Crippen LogP contribution in [0, 0.1) is 6.92 Å². The molecule has 2 heterocycles. The number of hydrogen-bond acceptors (Lipinski definition) is 4. The van der Waals surface area contributed by atoms with Crippen molar-refractivity contribution in [2.24, 2.45) is 0 Å². The molecule has 5 nitrogen and oxygen atoms in total. The van der Waals surface area contributed by atoms with Crippen molar-refractivity contribution in [2.75, 3.05) is 26.6 Å². The zero-order valence-electron chi connectivity index (χ0n) is 19.6. The predicted octanol–water partition coefficient (Wildman–Crippen LogP) is 5.30. The van der Waals surface area contributed by atoms with E-state index in [4.69, 9.17) is 14.2 Å². The number of aromatic nitrogens is 1. The van der Waals surface area contributed by atoms with E-state index in [1.54, 1.807) is 21.3 Å². The minimum atomic E-state index is 0.733. The summed E-state index contributed by atoms with van der Waals surface area (Å²) in [5.41, 5.74) is 7.21. The first kappa shape index (κ1) is 21.1. The number of benzene rings is 3. The lowest BCUT2D eigenvalue weighted by atomic mass is 9.91. The SMILES string of the molecule is COc1cc2c(cc1OC)-c1c(C)c3ccc(OC)c(NCc4ccccc4)c3c[n+]1CC2. The van der Waals surface area contributed by atoms with Gasteiger partial charge in [0, 0.05) is 18.5 Å². The zero-order chi connectivity index (χ0) is 22.9. The molecular formula is C28H29N2O3+. The maximum absolute atomic E-state index is 5.74.